The first kappa shape index (κ1) is 24.3. The lowest BCUT2D eigenvalue weighted by atomic mass is 9.93. The number of benzene rings is 1. The van der Waals surface area contributed by atoms with Gasteiger partial charge >= 0.3 is 18.4 Å². The Kier molecular flexibility index (Phi) is 8.13. The Bertz CT molecular complexity index is 908. The standard InChI is InChI=1S/C22H27F2NO6/c1-11(2)31-16(26)9-7-12(3)6-8-14-18(25-21(27)20(23)24)17-15(10-30-22(17)28)13(4)19(14)29-5/h6,11,20H,7-10H2,1-5H3,(H,25,27)/b12-6+. The molecule has 0 aliphatic carbocycles. The number of nitrogens with one attached hydrogen (secondary N) is 1. The quantitative estimate of drug-likeness (QED) is 0.460. The van der Waals surface area contributed by atoms with E-state index in [1.54, 1.807) is 26.8 Å². The van der Waals surface area contributed by atoms with Crippen molar-refractivity contribution in [1.82, 2.24) is 0 Å². The van der Waals surface area contributed by atoms with E-state index in [1.165, 1.54) is 7.11 Å². The number of esters is 2. The molecule has 9 heteroatoms. The van der Waals surface area contributed by atoms with Gasteiger partial charge in [-0.25, -0.2) is 4.79 Å². The highest BCUT2D eigenvalue weighted by atomic mass is 19.3. The number of carbonyl (C=O) groups excluding carboxylic acids is 3. The van der Waals surface area contributed by atoms with Gasteiger partial charge in [-0.2, -0.15) is 8.78 Å². The maximum absolute atomic E-state index is 12.9. The molecule has 170 valence electrons. The molecule has 1 heterocycles. The van der Waals surface area contributed by atoms with Crippen LogP contribution in [0.15, 0.2) is 11.6 Å². The largest absolute Gasteiger partial charge is 0.496 e. The van der Waals surface area contributed by atoms with Crippen LogP contribution in [-0.2, 0) is 32.1 Å². The maximum atomic E-state index is 12.9. The number of hydrogen-bond donors (Lipinski definition) is 1. The molecule has 1 aliphatic rings. The third kappa shape index (κ3) is 5.80. The first-order valence-corrected chi connectivity index (χ1v) is 9.90. The highest BCUT2D eigenvalue weighted by Gasteiger charge is 2.33. The number of methoxy groups -OCH3 is 1. The summed E-state index contributed by atoms with van der Waals surface area (Å²) >= 11 is 0. The first-order valence-electron chi connectivity index (χ1n) is 9.90. The summed E-state index contributed by atoms with van der Waals surface area (Å²) in [5.74, 6) is -2.15. The van der Waals surface area contributed by atoms with Crippen molar-refractivity contribution in [2.24, 2.45) is 0 Å². The summed E-state index contributed by atoms with van der Waals surface area (Å²) in [6.45, 7) is 7.06. The van der Waals surface area contributed by atoms with Crippen LogP contribution in [0.2, 0.25) is 0 Å². The van der Waals surface area contributed by atoms with E-state index in [-0.39, 0.29) is 42.8 Å². The zero-order chi connectivity index (χ0) is 23.3. The summed E-state index contributed by atoms with van der Waals surface area (Å²) < 4.78 is 41.5. The fourth-order valence-corrected chi connectivity index (χ4v) is 3.37. The van der Waals surface area contributed by atoms with Gasteiger partial charge in [-0.05, 0) is 46.1 Å². The van der Waals surface area contributed by atoms with E-state index in [0.29, 0.717) is 28.9 Å². The molecule has 0 aromatic heterocycles. The number of carbonyl (C=O) groups is 3. The predicted molar refractivity (Wildman–Crippen MR) is 109 cm³/mol. The van der Waals surface area contributed by atoms with Crippen molar-refractivity contribution in [3.05, 3.63) is 33.9 Å². The minimum Gasteiger partial charge on any atom is -0.496 e. The van der Waals surface area contributed by atoms with Crippen molar-refractivity contribution < 1.29 is 37.4 Å². The van der Waals surface area contributed by atoms with Gasteiger partial charge in [-0.1, -0.05) is 11.6 Å². The Morgan fingerprint density at radius 3 is 2.52 bits per heavy atom. The number of alkyl halides is 2. The third-order valence-electron chi connectivity index (χ3n) is 4.87. The summed E-state index contributed by atoms with van der Waals surface area (Å²) in [7, 11) is 1.42. The number of halogens is 2. The van der Waals surface area contributed by atoms with E-state index in [9.17, 15) is 23.2 Å². The van der Waals surface area contributed by atoms with Crippen LogP contribution >= 0.6 is 0 Å². The molecule has 1 N–H and O–H groups in total. The Balaban J connectivity index is 2.39. The van der Waals surface area contributed by atoms with Crippen molar-refractivity contribution in [1.29, 1.82) is 0 Å². The van der Waals surface area contributed by atoms with Crippen molar-refractivity contribution >= 4 is 23.5 Å². The summed E-state index contributed by atoms with van der Waals surface area (Å²) in [6.07, 6.45) is -0.825. The van der Waals surface area contributed by atoms with Gasteiger partial charge in [-0.15, -0.1) is 0 Å². The molecule has 1 amide bonds. The van der Waals surface area contributed by atoms with E-state index >= 15 is 0 Å². The van der Waals surface area contributed by atoms with Crippen molar-refractivity contribution in [3.8, 4) is 5.75 Å². The summed E-state index contributed by atoms with van der Waals surface area (Å²) in [6, 6.07) is 0. The van der Waals surface area contributed by atoms with E-state index < -0.39 is 18.3 Å². The molecule has 0 spiro atoms. The van der Waals surface area contributed by atoms with Crippen LogP contribution in [0.3, 0.4) is 0 Å². The second kappa shape index (κ2) is 10.4. The maximum Gasteiger partial charge on any atom is 0.341 e. The second-order valence-electron chi connectivity index (χ2n) is 7.52. The smallest absolute Gasteiger partial charge is 0.341 e. The third-order valence-corrected chi connectivity index (χ3v) is 4.87. The molecule has 0 bridgehead atoms. The zero-order valence-corrected chi connectivity index (χ0v) is 18.3. The number of fused-ring (bicyclic) bond motifs is 1. The van der Waals surface area contributed by atoms with Gasteiger partial charge in [0.15, 0.2) is 0 Å². The molecule has 7 nitrogen and oxygen atoms in total. The minimum absolute atomic E-state index is 0.0268. The fourth-order valence-electron chi connectivity index (χ4n) is 3.37. The molecular formula is C22H27F2NO6. The van der Waals surface area contributed by atoms with Crippen LogP contribution in [0, 0.1) is 6.92 Å². The number of anilines is 1. The average Bonchev–Trinajstić information content (AvgIpc) is 3.08. The van der Waals surface area contributed by atoms with E-state index in [0.717, 1.165) is 5.57 Å². The molecule has 2 rings (SSSR count). The molecule has 1 aliphatic heterocycles. The molecule has 1 aromatic carbocycles. The average molecular weight is 439 g/mol. The number of ether oxygens (including phenoxy) is 3. The molecule has 0 saturated carbocycles. The van der Waals surface area contributed by atoms with Crippen LogP contribution in [0.25, 0.3) is 0 Å². The Morgan fingerprint density at radius 2 is 1.94 bits per heavy atom. The van der Waals surface area contributed by atoms with E-state index in [4.69, 9.17) is 14.2 Å². The first-order chi connectivity index (χ1) is 14.6. The fraction of sp³-hybridized carbons (Fsp3) is 0.500. The van der Waals surface area contributed by atoms with Gasteiger partial charge in [0.2, 0.25) is 0 Å². The SMILES string of the molecule is COc1c(C)c2c(c(NC(=O)C(F)F)c1C/C=C(\C)CCC(=O)OC(C)C)C(=O)OC2. The van der Waals surface area contributed by atoms with Crippen LogP contribution in [0.4, 0.5) is 14.5 Å². The normalized spacial score (nSPS) is 13.3. The number of rotatable bonds is 9. The lowest BCUT2D eigenvalue weighted by Gasteiger charge is -2.19. The zero-order valence-electron chi connectivity index (χ0n) is 18.3. The Hall–Kier alpha value is -2.97. The molecule has 0 radical (unpaired) electrons. The van der Waals surface area contributed by atoms with E-state index in [1.807, 2.05) is 6.92 Å². The molecule has 31 heavy (non-hydrogen) atoms. The van der Waals surface area contributed by atoms with Crippen LogP contribution in [0.5, 0.6) is 5.75 Å². The van der Waals surface area contributed by atoms with Crippen LogP contribution in [0.1, 0.15) is 60.7 Å². The van der Waals surface area contributed by atoms with Gasteiger partial charge in [0.1, 0.15) is 12.4 Å². The van der Waals surface area contributed by atoms with Gasteiger partial charge in [-0.3, -0.25) is 9.59 Å². The van der Waals surface area contributed by atoms with Gasteiger partial charge in [0.25, 0.3) is 5.91 Å². The van der Waals surface area contributed by atoms with Crippen molar-refractivity contribution in [2.45, 2.75) is 66.1 Å². The van der Waals surface area contributed by atoms with Crippen molar-refractivity contribution in [3.63, 3.8) is 0 Å². The van der Waals surface area contributed by atoms with E-state index in [2.05, 4.69) is 5.32 Å². The second-order valence-corrected chi connectivity index (χ2v) is 7.52. The predicted octanol–water partition coefficient (Wildman–Crippen LogP) is 4.10. The Morgan fingerprint density at radius 1 is 1.26 bits per heavy atom. The summed E-state index contributed by atoms with van der Waals surface area (Å²) in [5, 5.41) is 2.17. The topological polar surface area (TPSA) is 90.9 Å². The number of cyclic esters (lactones) is 1. The highest BCUT2D eigenvalue weighted by Crippen LogP contribution is 2.41. The summed E-state index contributed by atoms with van der Waals surface area (Å²) in [4.78, 5) is 35.8. The van der Waals surface area contributed by atoms with Gasteiger partial charge in [0, 0.05) is 17.5 Å². The van der Waals surface area contributed by atoms with Crippen LogP contribution < -0.4 is 10.1 Å². The minimum atomic E-state index is -3.25. The highest BCUT2D eigenvalue weighted by molar-refractivity contribution is 6.06. The molecule has 0 unspecified atom stereocenters. The van der Waals surface area contributed by atoms with Gasteiger partial charge in [0.05, 0.1) is 24.5 Å². The van der Waals surface area contributed by atoms with Crippen LogP contribution in [-0.4, -0.2) is 37.5 Å². The number of amides is 1. The number of allylic oxidation sites excluding steroid dienone is 2. The lowest BCUT2D eigenvalue weighted by molar-refractivity contribution is -0.147. The number of hydrogen-bond acceptors (Lipinski definition) is 6. The Labute approximate surface area is 179 Å². The van der Waals surface area contributed by atoms with Gasteiger partial charge < -0.3 is 19.5 Å². The molecule has 0 saturated heterocycles. The lowest BCUT2D eigenvalue weighted by Crippen LogP contribution is -2.23. The monoisotopic (exact) mass is 439 g/mol. The molecule has 0 atom stereocenters. The molecule has 0 fully saturated rings. The summed E-state index contributed by atoms with van der Waals surface area (Å²) in [5.41, 5.74) is 2.40. The van der Waals surface area contributed by atoms with Crippen molar-refractivity contribution in [2.75, 3.05) is 12.4 Å². The molecular weight excluding hydrogens is 412 g/mol. The molecule has 1 aromatic rings.